The van der Waals surface area contributed by atoms with Crippen LogP contribution in [-0.4, -0.2) is 42.0 Å². The molecule has 0 radical (unpaired) electrons. The van der Waals surface area contributed by atoms with E-state index in [1.807, 2.05) is 13.0 Å². The fraction of sp³-hybridized carbons (Fsp3) is 0.333. The van der Waals surface area contributed by atoms with E-state index in [1.54, 1.807) is 36.8 Å². The predicted octanol–water partition coefficient (Wildman–Crippen LogP) is 4.95. The predicted molar refractivity (Wildman–Crippen MR) is 143 cm³/mol. The van der Waals surface area contributed by atoms with Gasteiger partial charge in [0.05, 0.1) is 11.3 Å². The van der Waals surface area contributed by atoms with Crippen LogP contribution in [0.25, 0.3) is 10.4 Å². The van der Waals surface area contributed by atoms with Crippen molar-refractivity contribution in [3.05, 3.63) is 77.2 Å². The van der Waals surface area contributed by atoms with Crippen molar-refractivity contribution in [2.45, 2.75) is 56.8 Å². The average Bonchev–Trinajstić information content (AvgIpc) is 3.42. The van der Waals surface area contributed by atoms with E-state index in [-0.39, 0.29) is 24.3 Å². The summed E-state index contributed by atoms with van der Waals surface area (Å²) in [6.45, 7) is 1.87. The minimum Gasteiger partial charge on any atom is -0.383 e. The Morgan fingerprint density at radius 3 is 2.58 bits per heavy atom. The molecule has 0 atom stereocenters. The highest BCUT2D eigenvalue weighted by atomic mass is 32.1. The number of aryl methyl sites for hydroxylation is 1. The number of amides is 1. The van der Waals surface area contributed by atoms with Gasteiger partial charge in [-0.25, -0.2) is 24.9 Å². The average molecular weight is 570 g/mol. The van der Waals surface area contributed by atoms with Crippen molar-refractivity contribution in [1.29, 1.82) is 0 Å². The monoisotopic (exact) mass is 569 g/mol. The number of thiazole rings is 1. The van der Waals surface area contributed by atoms with Crippen LogP contribution in [0.1, 0.15) is 47.8 Å². The zero-order valence-electron chi connectivity index (χ0n) is 21.4. The quantitative estimate of drug-likeness (QED) is 0.286. The van der Waals surface area contributed by atoms with Crippen LogP contribution in [0.15, 0.2) is 55.1 Å². The molecule has 0 aliphatic heterocycles. The maximum absolute atomic E-state index is 13.0. The molecule has 0 bridgehead atoms. The number of hydrogen-bond donors (Lipinski definition) is 3. The summed E-state index contributed by atoms with van der Waals surface area (Å²) in [6.07, 6.45) is 3.55. The summed E-state index contributed by atoms with van der Waals surface area (Å²) in [5, 5.41) is 17.8. The lowest BCUT2D eigenvalue weighted by Gasteiger charge is -2.34. The van der Waals surface area contributed by atoms with E-state index >= 15 is 0 Å². The van der Waals surface area contributed by atoms with Crippen LogP contribution in [-0.2, 0) is 23.0 Å². The van der Waals surface area contributed by atoms with Gasteiger partial charge in [0, 0.05) is 36.5 Å². The van der Waals surface area contributed by atoms with Crippen molar-refractivity contribution in [3.8, 4) is 10.4 Å². The Labute approximate surface area is 232 Å². The molecule has 0 saturated heterocycles. The number of hydrogen-bond acceptors (Lipinski definition) is 9. The van der Waals surface area contributed by atoms with Crippen molar-refractivity contribution < 1.29 is 23.1 Å². The first-order valence-electron chi connectivity index (χ1n) is 12.6. The van der Waals surface area contributed by atoms with Gasteiger partial charge < -0.3 is 15.7 Å². The molecular weight excluding hydrogens is 543 g/mol. The second-order valence-electron chi connectivity index (χ2n) is 9.72. The van der Waals surface area contributed by atoms with Gasteiger partial charge in [0.2, 0.25) is 11.9 Å². The number of benzene rings is 1. The summed E-state index contributed by atoms with van der Waals surface area (Å²) in [7, 11) is 0. The number of halogens is 3. The number of nitrogens with zero attached hydrogens (tertiary/aromatic N) is 5. The van der Waals surface area contributed by atoms with Crippen LogP contribution >= 0.6 is 11.3 Å². The topological polar surface area (TPSA) is 126 Å². The lowest BCUT2D eigenvalue weighted by molar-refractivity contribution is -0.141. The van der Waals surface area contributed by atoms with E-state index < -0.39 is 17.5 Å². The summed E-state index contributed by atoms with van der Waals surface area (Å²) in [5.74, 6) is 0.142. The minimum atomic E-state index is -4.57. The highest BCUT2D eigenvalue weighted by Gasteiger charge is 2.38. The lowest BCUT2D eigenvalue weighted by atomic mass is 9.82. The molecule has 0 unspecified atom stereocenters. The second-order valence-corrected chi connectivity index (χ2v) is 10.8. The smallest absolute Gasteiger partial charge is 0.383 e. The van der Waals surface area contributed by atoms with E-state index in [1.165, 1.54) is 11.3 Å². The number of carbonyl (C=O) groups is 1. The molecule has 13 heteroatoms. The zero-order valence-corrected chi connectivity index (χ0v) is 22.3. The molecule has 1 saturated carbocycles. The normalized spacial score (nSPS) is 19.3. The molecule has 5 rings (SSSR count). The van der Waals surface area contributed by atoms with Crippen molar-refractivity contribution >= 4 is 28.9 Å². The van der Waals surface area contributed by atoms with Crippen LogP contribution in [0.3, 0.4) is 0 Å². The number of alkyl halides is 3. The van der Waals surface area contributed by atoms with Gasteiger partial charge in [-0.05, 0) is 68.0 Å². The van der Waals surface area contributed by atoms with E-state index in [0.29, 0.717) is 42.2 Å². The van der Waals surface area contributed by atoms with Crippen molar-refractivity contribution in [2.75, 3.05) is 5.32 Å². The molecule has 208 valence electrons. The first-order valence-corrected chi connectivity index (χ1v) is 13.4. The van der Waals surface area contributed by atoms with Gasteiger partial charge in [-0.1, -0.05) is 6.07 Å². The Morgan fingerprint density at radius 2 is 1.85 bits per heavy atom. The summed E-state index contributed by atoms with van der Waals surface area (Å²) in [6, 6.07) is 7.94. The zero-order chi connectivity index (χ0) is 28.3. The van der Waals surface area contributed by atoms with Crippen LogP contribution in [0.5, 0.6) is 0 Å². The standard InChI is InChI=1S/C27H26F3N7O2S/c1-16-11-17(13-19(12-16)36-25-33-10-5-21(37-25)27(28,29)30)20-15-34-24(40-20)26(39)6-3-18(4-7-26)35-23(38)14-22-31-8-2-9-32-22/h2,5,8-13,15,18,39H,3-4,6-7,14H2,1H3,(H,35,38)(H,33,36,37)/t18-,26-. The Kier molecular flexibility index (Phi) is 7.76. The maximum Gasteiger partial charge on any atom is 0.433 e. The van der Waals surface area contributed by atoms with Gasteiger partial charge >= 0.3 is 6.18 Å². The third kappa shape index (κ3) is 6.59. The lowest BCUT2D eigenvalue weighted by Crippen LogP contribution is -2.42. The number of carbonyl (C=O) groups excluding carboxylic acids is 1. The third-order valence-electron chi connectivity index (χ3n) is 6.58. The van der Waals surface area contributed by atoms with Crippen LogP contribution in [0, 0.1) is 6.92 Å². The van der Waals surface area contributed by atoms with Crippen molar-refractivity contribution in [3.63, 3.8) is 0 Å². The van der Waals surface area contributed by atoms with Crippen LogP contribution in [0.2, 0.25) is 0 Å². The fourth-order valence-corrected chi connectivity index (χ4v) is 5.67. The van der Waals surface area contributed by atoms with E-state index in [9.17, 15) is 23.1 Å². The summed E-state index contributed by atoms with van der Waals surface area (Å²) < 4.78 is 39.1. The molecule has 40 heavy (non-hydrogen) atoms. The van der Waals surface area contributed by atoms with Gasteiger partial charge in [-0.3, -0.25) is 4.79 Å². The summed E-state index contributed by atoms with van der Waals surface area (Å²) in [5.41, 5.74) is 0.0604. The van der Waals surface area contributed by atoms with Crippen molar-refractivity contribution in [2.24, 2.45) is 0 Å². The molecule has 4 aromatic rings. The van der Waals surface area contributed by atoms with Gasteiger partial charge in [0.15, 0.2) is 0 Å². The molecule has 1 fully saturated rings. The van der Waals surface area contributed by atoms with Gasteiger partial charge in [0.1, 0.15) is 22.1 Å². The Hall–Kier alpha value is -3.97. The van der Waals surface area contributed by atoms with Crippen molar-refractivity contribution in [1.82, 2.24) is 30.2 Å². The molecule has 9 nitrogen and oxygen atoms in total. The molecule has 1 aliphatic carbocycles. The second kappa shape index (κ2) is 11.3. The van der Waals surface area contributed by atoms with E-state index in [4.69, 9.17) is 0 Å². The first-order chi connectivity index (χ1) is 19.1. The van der Waals surface area contributed by atoms with Crippen LogP contribution < -0.4 is 10.6 Å². The van der Waals surface area contributed by atoms with E-state index in [2.05, 4.69) is 35.6 Å². The largest absolute Gasteiger partial charge is 0.433 e. The number of rotatable bonds is 7. The summed E-state index contributed by atoms with van der Waals surface area (Å²) >= 11 is 1.37. The highest BCUT2D eigenvalue weighted by Crippen LogP contribution is 2.41. The Balaban J connectivity index is 1.24. The number of aromatic nitrogens is 5. The SMILES string of the molecule is Cc1cc(Nc2nccc(C(F)(F)F)n2)cc(-c2cnc([C@]3(O)CC[C@H](NC(=O)Cc4ncccn4)CC3)s2)c1. The maximum atomic E-state index is 13.0. The Morgan fingerprint density at radius 1 is 1.10 bits per heavy atom. The first kappa shape index (κ1) is 27.6. The minimum absolute atomic E-state index is 0.0561. The van der Waals surface area contributed by atoms with E-state index in [0.717, 1.165) is 28.3 Å². The number of anilines is 2. The number of nitrogens with one attached hydrogen (secondary N) is 2. The molecule has 3 N–H and O–H groups in total. The van der Waals surface area contributed by atoms with Gasteiger partial charge in [-0.15, -0.1) is 11.3 Å². The molecule has 0 spiro atoms. The van der Waals surface area contributed by atoms with Gasteiger partial charge in [0.25, 0.3) is 0 Å². The molecule has 1 aliphatic rings. The Bertz CT molecular complexity index is 1490. The number of aliphatic hydroxyl groups is 1. The fourth-order valence-electron chi connectivity index (χ4n) is 4.62. The molecule has 1 amide bonds. The van der Waals surface area contributed by atoms with Crippen LogP contribution in [0.4, 0.5) is 24.8 Å². The molecule has 3 aromatic heterocycles. The highest BCUT2D eigenvalue weighted by molar-refractivity contribution is 7.15. The summed E-state index contributed by atoms with van der Waals surface area (Å²) in [4.78, 5) is 33.3. The van der Waals surface area contributed by atoms with Gasteiger partial charge in [-0.2, -0.15) is 13.2 Å². The molecular formula is C27H26F3N7O2S. The molecule has 3 heterocycles. The third-order valence-corrected chi connectivity index (χ3v) is 7.82. The molecule has 1 aromatic carbocycles.